The second-order valence-electron chi connectivity index (χ2n) is 6.42. The molecular weight excluding hydrogens is 358 g/mol. The van der Waals surface area contributed by atoms with Crippen LogP contribution in [0.4, 0.5) is 5.69 Å². The summed E-state index contributed by atoms with van der Waals surface area (Å²) in [5.41, 5.74) is 1.21. The van der Waals surface area contributed by atoms with Crippen molar-refractivity contribution in [1.82, 2.24) is 9.88 Å². The first-order valence-electron chi connectivity index (χ1n) is 8.86. The van der Waals surface area contributed by atoms with Gasteiger partial charge in [0.2, 0.25) is 0 Å². The van der Waals surface area contributed by atoms with E-state index >= 15 is 0 Å². The molecule has 1 aliphatic rings. The minimum Gasteiger partial charge on any atom is -0.497 e. The fourth-order valence-electron chi connectivity index (χ4n) is 3.18. The minimum atomic E-state index is -0.556. The Balaban J connectivity index is 1.55. The molecule has 4 rings (SSSR count). The van der Waals surface area contributed by atoms with Crippen molar-refractivity contribution < 1.29 is 18.7 Å². The lowest BCUT2D eigenvalue weighted by Crippen LogP contribution is -2.65. The van der Waals surface area contributed by atoms with Crippen molar-refractivity contribution in [2.24, 2.45) is 0 Å². The predicted octanol–water partition coefficient (Wildman–Crippen LogP) is 2.74. The van der Waals surface area contributed by atoms with Crippen molar-refractivity contribution in [1.29, 1.82) is 0 Å². The highest BCUT2D eigenvalue weighted by molar-refractivity contribution is 6.07. The molecule has 2 aromatic heterocycles. The molecule has 1 saturated heterocycles. The second kappa shape index (κ2) is 7.56. The van der Waals surface area contributed by atoms with Gasteiger partial charge in [-0.2, -0.15) is 0 Å². The van der Waals surface area contributed by atoms with Crippen molar-refractivity contribution in [3.63, 3.8) is 0 Å². The molecule has 7 heteroatoms. The second-order valence-corrected chi connectivity index (χ2v) is 6.42. The van der Waals surface area contributed by atoms with E-state index in [0.29, 0.717) is 17.9 Å². The number of ether oxygens (including phenoxy) is 1. The number of furan rings is 1. The van der Waals surface area contributed by atoms with E-state index < -0.39 is 6.04 Å². The van der Waals surface area contributed by atoms with Gasteiger partial charge in [0.25, 0.3) is 11.8 Å². The molecular formula is C21H19N3O4. The third kappa shape index (κ3) is 3.34. The van der Waals surface area contributed by atoms with E-state index in [1.807, 2.05) is 12.1 Å². The lowest BCUT2D eigenvalue weighted by atomic mass is 10.0. The molecule has 0 N–H and O–H groups in total. The average molecular weight is 377 g/mol. The van der Waals surface area contributed by atoms with E-state index in [4.69, 9.17) is 9.15 Å². The topological polar surface area (TPSA) is 75.9 Å². The van der Waals surface area contributed by atoms with Crippen LogP contribution in [0.1, 0.15) is 16.1 Å². The molecule has 0 spiro atoms. The maximum absolute atomic E-state index is 13.0. The fourth-order valence-corrected chi connectivity index (χ4v) is 3.18. The highest BCUT2D eigenvalue weighted by Gasteiger charge is 2.44. The number of nitrogens with zero attached hydrogens (tertiary/aromatic N) is 3. The van der Waals surface area contributed by atoms with E-state index in [-0.39, 0.29) is 18.4 Å². The molecule has 2 amide bonds. The number of hydrogen-bond donors (Lipinski definition) is 0. The summed E-state index contributed by atoms with van der Waals surface area (Å²) in [5.74, 6) is 0.957. The molecule has 3 heterocycles. The van der Waals surface area contributed by atoms with Gasteiger partial charge in [0.1, 0.15) is 17.6 Å². The van der Waals surface area contributed by atoms with Crippen molar-refractivity contribution in [3.8, 4) is 5.75 Å². The molecule has 1 aromatic carbocycles. The average Bonchev–Trinajstić information content (AvgIpc) is 3.26. The lowest BCUT2D eigenvalue weighted by molar-refractivity contribution is -0.128. The highest BCUT2D eigenvalue weighted by atomic mass is 16.5. The van der Waals surface area contributed by atoms with E-state index in [1.54, 1.807) is 60.9 Å². The molecule has 28 heavy (non-hydrogen) atoms. The number of pyridine rings is 1. The van der Waals surface area contributed by atoms with Crippen molar-refractivity contribution in [2.45, 2.75) is 12.6 Å². The third-order valence-corrected chi connectivity index (χ3v) is 4.74. The van der Waals surface area contributed by atoms with Gasteiger partial charge in [-0.1, -0.05) is 0 Å². The number of methoxy groups -OCH3 is 1. The van der Waals surface area contributed by atoms with Crippen molar-refractivity contribution >= 4 is 17.5 Å². The maximum atomic E-state index is 13.0. The SMILES string of the molecule is COc1ccc(N2CC(N(Cc3ccco3)C(=O)c3cccnc3)C2=O)cc1. The molecule has 1 aliphatic heterocycles. The Morgan fingerprint density at radius 2 is 2.07 bits per heavy atom. The Morgan fingerprint density at radius 3 is 2.68 bits per heavy atom. The van der Waals surface area contributed by atoms with Crippen LogP contribution < -0.4 is 9.64 Å². The van der Waals surface area contributed by atoms with Gasteiger partial charge in [0.05, 0.1) is 32.0 Å². The van der Waals surface area contributed by atoms with Gasteiger partial charge >= 0.3 is 0 Å². The van der Waals surface area contributed by atoms with Gasteiger partial charge in [0.15, 0.2) is 0 Å². The maximum Gasteiger partial charge on any atom is 0.256 e. The van der Waals surface area contributed by atoms with Crippen molar-refractivity contribution in [2.75, 3.05) is 18.6 Å². The molecule has 3 aromatic rings. The van der Waals surface area contributed by atoms with Crippen LogP contribution in [-0.4, -0.2) is 41.4 Å². The Morgan fingerprint density at radius 1 is 1.25 bits per heavy atom. The van der Waals surface area contributed by atoms with Gasteiger partial charge in [-0.3, -0.25) is 14.6 Å². The number of aromatic nitrogens is 1. The van der Waals surface area contributed by atoms with Crippen LogP contribution >= 0.6 is 0 Å². The van der Waals surface area contributed by atoms with E-state index in [2.05, 4.69) is 4.98 Å². The number of hydrogen-bond acceptors (Lipinski definition) is 5. The quantitative estimate of drug-likeness (QED) is 0.618. The molecule has 1 atom stereocenters. The van der Waals surface area contributed by atoms with Gasteiger partial charge in [0, 0.05) is 18.1 Å². The molecule has 1 fully saturated rings. The molecule has 1 unspecified atom stereocenters. The number of anilines is 1. The Labute approximate surface area is 162 Å². The van der Waals surface area contributed by atoms with Crippen LogP contribution in [0, 0.1) is 0 Å². The highest BCUT2D eigenvalue weighted by Crippen LogP contribution is 2.28. The van der Waals surface area contributed by atoms with Crippen LogP contribution in [0.15, 0.2) is 71.6 Å². The normalized spacial score (nSPS) is 15.8. The van der Waals surface area contributed by atoms with Gasteiger partial charge in [-0.25, -0.2) is 0 Å². The zero-order valence-corrected chi connectivity index (χ0v) is 15.3. The van der Waals surface area contributed by atoms with Crippen LogP contribution in [0.5, 0.6) is 5.75 Å². The number of carbonyl (C=O) groups is 2. The zero-order valence-electron chi connectivity index (χ0n) is 15.3. The number of carbonyl (C=O) groups excluding carboxylic acids is 2. The molecule has 142 valence electrons. The zero-order chi connectivity index (χ0) is 19.5. The first-order valence-corrected chi connectivity index (χ1v) is 8.86. The van der Waals surface area contributed by atoms with Gasteiger partial charge in [-0.15, -0.1) is 0 Å². The van der Waals surface area contributed by atoms with Crippen molar-refractivity contribution in [3.05, 3.63) is 78.5 Å². The summed E-state index contributed by atoms with van der Waals surface area (Å²) in [5, 5.41) is 0. The number of rotatable bonds is 6. The predicted molar refractivity (Wildman–Crippen MR) is 102 cm³/mol. The van der Waals surface area contributed by atoms with E-state index in [1.165, 1.54) is 11.1 Å². The first kappa shape index (κ1) is 17.8. The minimum absolute atomic E-state index is 0.131. The lowest BCUT2D eigenvalue weighted by Gasteiger charge is -2.44. The van der Waals surface area contributed by atoms with Gasteiger partial charge < -0.3 is 19.0 Å². The summed E-state index contributed by atoms with van der Waals surface area (Å²) in [6.45, 7) is 0.630. The molecule has 0 radical (unpaired) electrons. The summed E-state index contributed by atoms with van der Waals surface area (Å²) in [6.07, 6.45) is 4.66. The summed E-state index contributed by atoms with van der Waals surface area (Å²) < 4.78 is 10.5. The first-order chi connectivity index (χ1) is 13.7. The van der Waals surface area contributed by atoms with Crippen LogP contribution in [0.2, 0.25) is 0 Å². The Hall–Kier alpha value is -3.61. The summed E-state index contributed by atoms with van der Waals surface area (Å²) in [6, 6.07) is 13.6. The largest absolute Gasteiger partial charge is 0.497 e. The van der Waals surface area contributed by atoms with Crippen LogP contribution in [0.3, 0.4) is 0 Å². The summed E-state index contributed by atoms with van der Waals surface area (Å²) >= 11 is 0. The molecule has 0 saturated carbocycles. The summed E-state index contributed by atoms with van der Waals surface area (Å²) in [4.78, 5) is 33.1. The Kier molecular flexibility index (Phi) is 4.80. The van der Waals surface area contributed by atoms with Crippen LogP contribution in [-0.2, 0) is 11.3 Å². The number of amides is 2. The summed E-state index contributed by atoms with van der Waals surface area (Å²) in [7, 11) is 1.59. The Bertz CT molecular complexity index is 955. The fraction of sp³-hybridized carbons (Fsp3) is 0.190. The molecule has 0 aliphatic carbocycles. The third-order valence-electron chi connectivity index (χ3n) is 4.74. The van der Waals surface area contributed by atoms with E-state index in [9.17, 15) is 9.59 Å². The molecule has 7 nitrogen and oxygen atoms in total. The standard InChI is InChI=1S/C21H19N3O4/c1-27-17-8-6-16(7-9-17)23-14-19(21(23)26)24(13-18-5-3-11-28-18)20(25)15-4-2-10-22-12-15/h2-12,19H,13-14H2,1H3. The smallest absolute Gasteiger partial charge is 0.256 e. The monoisotopic (exact) mass is 377 g/mol. The van der Waals surface area contributed by atoms with Crippen LogP contribution in [0.25, 0.3) is 0 Å². The van der Waals surface area contributed by atoms with Gasteiger partial charge in [-0.05, 0) is 48.5 Å². The van der Waals surface area contributed by atoms with E-state index in [0.717, 1.165) is 11.4 Å². The molecule has 0 bridgehead atoms. The number of β-lactam (4-membered cyclic amide) rings is 1. The number of benzene rings is 1.